The second kappa shape index (κ2) is 7.33. The van der Waals surface area contributed by atoms with E-state index in [4.69, 9.17) is 9.05 Å². The molecule has 0 aliphatic rings. The van der Waals surface area contributed by atoms with Crippen LogP contribution in [0.25, 0.3) is 0 Å². The molecule has 0 fully saturated rings. The molecule has 0 amide bonds. The smallest absolute Gasteiger partial charge is 0.305 e. The summed E-state index contributed by atoms with van der Waals surface area (Å²) in [5.74, 6) is 0. The first-order chi connectivity index (χ1) is 8.63. The Hall–Kier alpha value is 0.510. The van der Waals surface area contributed by atoms with E-state index in [0.29, 0.717) is 13.2 Å². The van der Waals surface area contributed by atoms with Gasteiger partial charge in [0.2, 0.25) is 0 Å². The van der Waals surface area contributed by atoms with Crippen molar-refractivity contribution >= 4 is 62.8 Å². The third-order valence-corrected chi connectivity index (χ3v) is 5.88. The van der Waals surface area contributed by atoms with Crippen LogP contribution in [0.2, 0.25) is 0 Å². The summed E-state index contributed by atoms with van der Waals surface area (Å²) in [5, 5.41) is 0. The van der Waals surface area contributed by atoms with Crippen LogP contribution in [0.5, 0.6) is 0 Å². The molecule has 0 atom stereocenters. The molecule has 2 aromatic rings. The monoisotopic (exact) mass is 430 g/mol. The largest absolute Gasteiger partial charge is 0.319 e. The molecule has 2 heterocycles. The molecule has 0 radical (unpaired) electrons. The molecule has 0 aliphatic carbocycles. The molecule has 0 aromatic carbocycles. The van der Waals surface area contributed by atoms with Gasteiger partial charge in [0.25, 0.3) is 0 Å². The van der Waals surface area contributed by atoms with Gasteiger partial charge in [-0.3, -0.25) is 4.57 Å². The lowest BCUT2D eigenvalue weighted by Gasteiger charge is -2.03. The van der Waals surface area contributed by atoms with Crippen molar-refractivity contribution in [1.29, 1.82) is 0 Å². The van der Waals surface area contributed by atoms with Crippen LogP contribution in [-0.4, -0.2) is 0 Å². The maximum absolute atomic E-state index is 11.5. The van der Waals surface area contributed by atoms with Crippen molar-refractivity contribution in [1.82, 2.24) is 0 Å². The third kappa shape index (κ3) is 4.89. The van der Waals surface area contributed by atoms with E-state index in [1.54, 1.807) is 22.7 Å². The van der Waals surface area contributed by atoms with Crippen molar-refractivity contribution in [3.63, 3.8) is 0 Å². The fraction of sp³-hybridized carbons (Fsp3) is 0.200. The SMILES string of the molecule is O=[PH](OCc1ccc(Br)s1)OCc1ccc(Br)s1. The number of hydrogen-bond acceptors (Lipinski definition) is 5. The molecule has 0 N–H and O–H groups in total. The van der Waals surface area contributed by atoms with E-state index in [0.717, 1.165) is 17.3 Å². The highest BCUT2D eigenvalue weighted by molar-refractivity contribution is 9.11. The highest BCUT2D eigenvalue weighted by atomic mass is 79.9. The van der Waals surface area contributed by atoms with Crippen LogP contribution < -0.4 is 0 Å². The molecule has 0 unspecified atom stereocenters. The molecule has 18 heavy (non-hydrogen) atoms. The lowest BCUT2D eigenvalue weighted by molar-refractivity contribution is 0.215. The topological polar surface area (TPSA) is 35.5 Å². The van der Waals surface area contributed by atoms with Crippen LogP contribution in [-0.2, 0) is 26.8 Å². The minimum absolute atomic E-state index is 0.322. The van der Waals surface area contributed by atoms with E-state index in [1.165, 1.54) is 0 Å². The molecular formula is C10H9Br2O3PS2. The van der Waals surface area contributed by atoms with Crippen LogP contribution in [0.15, 0.2) is 31.8 Å². The quantitative estimate of drug-likeness (QED) is 0.570. The van der Waals surface area contributed by atoms with Crippen molar-refractivity contribution in [2.24, 2.45) is 0 Å². The van der Waals surface area contributed by atoms with Gasteiger partial charge in [-0.2, -0.15) is 0 Å². The molecule has 8 heteroatoms. The average molecular weight is 432 g/mol. The molecule has 0 spiro atoms. The summed E-state index contributed by atoms with van der Waals surface area (Å²) in [6, 6.07) is 7.73. The standard InChI is InChI=1S/C10H9Br2O3PS2/c11-9-3-1-7(17-9)5-14-16(13)15-6-8-2-4-10(12)18-8/h1-4,16H,5-6H2. The second-order valence-corrected chi connectivity index (χ2v) is 9.41. The van der Waals surface area contributed by atoms with Gasteiger partial charge in [0.1, 0.15) is 0 Å². The summed E-state index contributed by atoms with van der Waals surface area (Å²) < 4.78 is 23.9. The summed E-state index contributed by atoms with van der Waals surface area (Å²) in [4.78, 5) is 2.03. The zero-order valence-electron chi connectivity index (χ0n) is 9.02. The van der Waals surface area contributed by atoms with E-state index < -0.39 is 8.25 Å². The van der Waals surface area contributed by atoms with Gasteiger partial charge in [-0.1, -0.05) is 0 Å². The lowest BCUT2D eigenvalue weighted by Crippen LogP contribution is -1.85. The summed E-state index contributed by atoms with van der Waals surface area (Å²) in [6.07, 6.45) is 0. The van der Waals surface area contributed by atoms with E-state index in [9.17, 15) is 4.57 Å². The molecule has 0 saturated heterocycles. The number of thiophene rings is 2. The highest BCUT2D eigenvalue weighted by Gasteiger charge is 2.05. The molecule has 0 aliphatic heterocycles. The Kier molecular flexibility index (Phi) is 6.08. The van der Waals surface area contributed by atoms with Crippen molar-refractivity contribution in [2.75, 3.05) is 0 Å². The van der Waals surface area contributed by atoms with Gasteiger partial charge < -0.3 is 9.05 Å². The van der Waals surface area contributed by atoms with Gasteiger partial charge in [-0.25, -0.2) is 0 Å². The van der Waals surface area contributed by atoms with Gasteiger partial charge in [0.05, 0.1) is 20.8 Å². The highest BCUT2D eigenvalue weighted by Crippen LogP contribution is 2.32. The van der Waals surface area contributed by atoms with Crippen molar-refractivity contribution in [2.45, 2.75) is 13.2 Å². The third-order valence-electron chi connectivity index (χ3n) is 1.92. The number of hydrogen-bond donors (Lipinski definition) is 0. The first kappa shape index (κ1) is 14.9. The van der Waals surface area contributed by atoms with Gasteiger partial charge in [-0.05, 0) is 56.1 Å². The molecule has 2 rings (SSSR count). The first-order valence-electron chi connectivity index (χ1n) is 4.91. The van der Waals surface area contributed by atoms with Crippen LogP contribution in [0, 0.1) is 0 Å². The van der Waals surface area contributed by atoms with E-state index in [-0.39, 0.29) is 0 Å². The number of halogens is 2. The summed E-state index contributed by atoms with van der Waals surface area (Å²) in [7, 11) is -2.43. The van der Waals surface area contributed by atoms with Gasteiger partial charge in [0.15, 0.2) is 0 Å². The van der Waals surface area contributed by atoms with Crippen molar-refractivity contribution in [3.05, 3.63) is 41.6 Å². The lowest BCUT2D eigenvalue weighted by atomic mass is 10.5. The van der Waals surface area contributed by atoms with Crippen LogP contribution in [0.4, 0.5) is 0 Å². The fourth-order valence-corrected chi connectivity index (χ4v) is 4.79. The van der Waals surface area contributed by atoms with E-state index in [1.807, 2.05) is 24.3 Å². The zero-order valence-corrected chi connectivity index (χ0v) is 14.8. The second-order valence-electron chi connectivity index (χ2n) is 3.24. The number of rotatable bonds is 6. The summed E-state index contributed by atoms with van der Waals surface area (Å²) in [6.45, 7) is 0.643. The molecule has 0 saturated carbocycles. The molecule has 0 bridgehead atoms. The minimum atomic E-state index is -2.43. The molecule has 3 nitrogen and oxygen atoms in total. The Morgan fingerprint density at radius 1 is 0.944 bits per heavy atom. The Morgan fingerprint density at radius 2 is 1.39 bits per heavy atom. The molecule has 2 aromatic heterocycles. The Bertz CT molecular complexity index is 494. The fourth-order valence-electron chi connectivity index (χ4n) is 1.16. The van der Waals surface area contributed by atoms with Gasteiger partial charge in [-0.15, -0.1) is 22.7 Å². The van der Waals surface area contributed by atoms with Crippen LogP contribution in [0.3, 0.4) is 0 Å². The Labute approximate surface area is 130 Å². The average Bonchev–Trinajstić information content (AvgIpc) is 2.93. The van der Waals surface area contributed by atoms with E-state index >= 15 is 0 Å². The van der Waals surface area contributed by atoms with Crippen molar-refractivity contribution < 1.29 is 13.6 Å². The zero-order chi connectivity index (χ0) is 13.0. The minimum Gasteiger partial charge on any atom is -0.305 e. The summed E-state index contributed by atoms with van der Waals surface area (Å²) in [5.41, 5.74) is 0. The normalized spacial score (nSPS) is 11.3. The summed E-state index contributed by atoms with van der Waals surface area (Å²) >= 11 is 9.84. The molecular weight excluding hydrogens is 423 g/mol. The van der Waals surface area contributed by atoms with Crippen LogP contribution >= 0.6 is 62.8 Å². The first-order valence-corrected chi connectivity index (χ1v) is 9.36. The Morgan fingerprint density at radius 3 is 1.72 bits per heavy atom. The maximum atomic E-state index is 11.5. The van der Waals surface area contributed by atoms with E-state index in [2.05, 4.69) is 31.9 Å². The van der Waals surface area contributed by atoms with Gasteiger partial charge >= 0.3 is 8.25 Å². The predicted molar refractivity (Wildman–Crippen MR) is 82.6 cm³/mol. The van der Waals surface area contributed by atoms with Crippen LogP contribution in [0.1, 0.15) is 9.75 Å². The Balaban J connectivity index is 1.72. The maximum Gasteiger partial charge on any atom is 0.319 e. The molecule has 98 valence electrons. The van der Waals surface area contributed by atoms with Crippen molar-refractivity contribution in [3.8, 4) is 0 Å². The van der Waals surface area contributed by atoms with Gasteiger partial charge in [0, 0.05) is 9.75 Å². The predicted octanol–water partition coefficient (Wildman–Crippen LogP) is 5.46.